The second-order valence-corrected chi connectivity index (χ2v) is 13.9. The van der Waals surface area contributed by atoms with Crippen molar-refractivity contribution in [1.82, 2.24) is 0 Å². The number of hydrogen-bond donors (Lipinski definition) is 1. The third kappa shape index (κ3) is 3.18. The lowest BCUT2D eigenvalue weighted by Crippen LogP contribution is -2.54. The van der Waals surface area contributed by atoms with Gasteiger partial charge in [-0.3, -0.25) is 0 Å². The first kappa shape index (κ1) is 21.8. The van der Waals surface area contributed by atoms with Crippen LogP contribution in [-0.4, -0.2) is 11.2 Å². The fraction of sp³-hybridized carbons (Fsp3) is 1.00. The Hall–Kier alpha value is -0.0400. The second-order valence-electron chi connectivity index (χ2n) is 13.9. The van der Waals surface area contributed by atoms with Gasteiger partial charge in [0.25, 0.3) is 0 Å². The van der Waals surface area contributed by atoms with E-state index < -0.39 is 0 Å². The van der Waals surface area contributed by atoms with Crippen LogP contribution in [0.15, 0.2) is 0 Å². The van der Waals surface area contributed by atoms with Gasteiger partial charge in [0, 0.05) is 0 Å². The zero-order valence-corrected chi connectivity index (χ0v) is 20.9. The Morgan fingerprint density at radius 2 is 1.57 bits per heavy atom. The molecule has 1 N–H and O–H groups in total. The van der Waals surface area contributed by atoms with Gasteiger partial charge in [-0.15, -0.1) is 0 Å². The van der Waals surface area contributed by atoms with Gasteiger partial charge in [0.15, 0.2) is 0 Å². The number of fused-ring (bicyclic) bond motifs is 5. The molecule has 5 aliphatic rings. The molecule has 6 unspecified atom stereocenters. The van der Waals surface area contributed by atoms with Gasteiger partial charge >= 0.3 is 0 Å². The van der Waals surface area contributed by atoms with Crippen molar-refractivity contribution in [3.8, 4) is 0 Å². The van der Waals surface area contributed by atoms with E-state index in [1.165, 1.54) is 51.4 Å². The highest BCUT2D eigenvalue weighted by Crippen LogP contribution is 2.69. The highest BCUT2D eigenvalue weighted by Gasteiger charge is 2.61. The van der Waals surface area contributed by atoms with Crippen LogP contribution in [0.4, 0.5) is 0 Å². The molecule has 0 saturated heterocycles. The summed E-state index contributed by atoms with van der Waals surface area (Å²) >= 11 is 0. The molecule has 0 heterocycles. The molecule has 0 aromatic rings. The van der Waals surface area contributed by atoms with Crippen LogP contribution in [0.2, 0.25) is 0 Å². The third-order valence-electron chi connectivity index (χ3n) is 12.4. The van der Waals surface area contributed by atoms with Crippen LogP contribution in [0.5, 0.6) is 0 Å². The normalized spacial score (nSPS) is 56.2. The number of aliphatic hydroxyl groups is 1. The minimum absolute atomic E-state index is 0.00956. The van der Waals surface area contributed by atoms with Crippen LogP contribution < -0.4 is 0 Å². The molecule has 0 aromatic carbocycles. The fourth-order valence-electron chi connectivity index (χ4n) is 10.9. The minimum atomic E-state index is -0.00956. The maximum Gasteiger partial charge on any atom is 0.0543 e. The van der Waals surface area contributed by atoms with Gasteiger partial charge < -0.3 is 5.11 Å². The summed E-state index contributed by atoms with van der Waals surface area (Å²) in [6, 6.07) is 0. The quantitative estimate of drug-likeness (QED) is 0.503. The smallest absolute Gasteiger partial charge is 0.0543 e. The molecule has 0 bridgehead atoms. The summed E-state index contributed by atoms with van der Waals surface area (Å²) in [4.78, 5) is 0. The average Bonchev–Trinajstić information content (AvgIpc) is 3.17. The monoisotopic (exact) mass is 414 g/mol. The van der Waals surface area contributed by atoms with Crippen molar-refractivity contribution in [3.05, 3.63) is 0 Å². The van der Waals surface area contributed by atoms with E-state index in [-0.39, 0.29) is 6.10 Å². The maximum atomic E-state index is 10.3. The lowest BCUT2D eigenvalue weighted by Gasteiger charge is -2.61. The highest BCUT2D eigenvalue weighted by molar-refractivity contribution is 5.10. The van der Waals surface area contributed by atoms with Crippen LogP contribution in [0.1, 0.15) is 106 Å². The van der Waals surface area contributed by atoms with E-state index in [0.29, 0.717) is 10.8 Å². The van der Waals surface area contributed by atoms with E-state index >= 15 is 0 Å². The Labute approximate surface area is 187 Å². The Balaban J connectivity index is 1.30. The Bertz CT molecular complexity index is 640. The molecule has 172 valence electrons. The Morgan fingerprint density at radius 1 is 0.867 bits per heavy atom. The SMILES string of the molecule is CC(C)C1C(C[C@@H](C)C2CCC3C4CC[C@@H]5C[C@@H](O)CC[C@]5(C)C4CC[C@@]32C)[C@H]1C. The standard InChI is InChI=1S/C29H50O/c1-17(2)27-19(4)23(27)15-18(3)24-9-10-25-22-8-7-20-16-21(30)11-13-28(20,5)26(22)12-14-29(24,25)6/h17-27,30H,7-16H2,1-6H3/t18-,19-,20-,21+,22?,23?,24?,25?,26?,27?,28+,29-/m1/s1. The van der Waals surface area contributed by atoms with Crippen molar-refractivity contribution in [1.29, 1.82) is 0 Å². The molecule has 0 aromatic heterocycles. The van der Waals surface area contributed by atoms with E-state index in [0.717, 1.165) is 72.0 Å². The first-order valence-electron chi connectivity index (χ1n) is 13.8. The van der Waals surface area contributed by atoms with Gasteiger partial charge in [-0.25, -0.2) is 0 Å². The Kier molecular flexibility index (Phi) is 5.44. The molecule has 5 saturated carbocycles. The number of hydrogen-bond acceptors (Lipinski definition) is 1. The molecular weight excluding hydrogens is 364 g/mol. The van der Waals surface area contributed by atoms with Crippen LogP contribution in [0.25, 0.3) is 0 Å². The van der Waals surface area contributed by atoms with Crippen LogP contribution in [0, 0.1) is 70.0 Å². The van der Waals surface area contributed by atoms with E-state index in [1.54, 1.807) is 0 Å². The summed E-state index contributed by atoms with van der Waals surface area (Å²) < 4.78 is 0. The zero-order chi connectivity index (χ0) is 21.4. The summed E-state index contributed by atoms with van der Waals surface area (Å²) in [5, 5.41) is 10.3. The van der Waals surface area contributed by atoms with Crippen molar-refractivity contribution in [2.24, 2.45) is 70.0 Å². The average molecular weight is 415 g/mol. The maximum absolute atomic E-state index is 10.3. The largest absolute Gasteiger partial charge is 0.393 e. The molecule has 0 aliphatic heterocycles. The van der Waals surface area contributed by atoms with E-state index in [1.807, 2.05) is 0 Å². The van der Waals surface area contributed by atoms with Crippen molar-refractivity contribution in [2.45, 2.75) is 112 Å². The van der Waals surface area contributed by atoms with Gasteiger partial charge in [0.1, 0.15) is 0 Å². The molecule has 1 nitrogen and oxygen atoms in total. The first-order valence-corrected chi connectivity index (χ1v) is 13.8. The number of aliphatic hydroxyl groups excluding tert-OH is 1. The molecular formula is C29H50O. The molecule has 5 aliphatic carbocycles. The predicted octanol–water partition coefficient (Wildman–Crippen LogP) is 7.57. The molecule has 12 atom stereocenters. The summed E-state index contributed by atoms with van der Waals surface area (Å²) in [5.41, 5.74) is 1.14. The van der Waals surface area contributed by atoms with E-state index in [4.69, 9.17) is 0 Å². The summed E-state index contributed by atoms with van der Waals surface area (Å²) in [6.45, 7) is 15.4. The van der Waals surface area contributed by atoms with Crippen molar-refractivity contribution < 1.29 is 5.11 Å². The van der Waals surface area contributed by atoms with E-state index in [2.05, 4.69) is 41.5 Å². The van der Waals surface area contributed by atoms with Crippen LogP contribution in [0.3, 0.4) is 0 Å². The lowest BCUT2D eigenvalue weighted by molar-refractivity contribution is -0.129. The van der Waals surface area contributed by atoms with Gasteiger partial charge in [-0.2, -0.15) is 0 Å². The fourth-order valence-corrected chi connectivity index (χ4v) is 10.9. The highest BCUT2D eigenvalue weighted by atomic mass is 16.3. The Morgan fingerprint density at radius 3 is 2.27 bits per heavy atom. The van der Waals surface area contributed by atoms with Crippen molar-refractivity contribution >= 4 is 0 Å². The summed E-state index contributed by atoms with van der Waals surface area (Å²) in [5.74, 6) is 9.50. The molecule has 0 amide bonds. The predicted molar refractivity (Wildman–Crippen MR) is 126 cm³/mol. The molecule has 5 rings (SSSR count). The number of rotatable bonds is 4. The van der Waals surface area contributed by atoms with Crippen LogP contribution in [-0.2, 0) is 0 Å². The van der Waals surface area contributed by atoms with Gasteiger partial charge in [-0.1, -0.05) is 41.5 Å². The summed E-state index contributed by atoms with van der Waals surface area (Å²) in [6.07, 6.45) is 13.8. The zero-order valence-electron chi connectivity index (χ0n) is 20.9. The third-order valence-corrected chi connectivity index (χ3v) is 12.4. The molecule has 5 fully saturated rings. The van der Waals surface area contributed by atoms with Crippen molar-refractivity contribution in [3.63, 3.8) is 0 Å². The lowest BCUT2D eigenvalue weighted by atomic mass is 9.44. The van der Waals surface area contributed by atoms with E-state index in [9.17, 15) is 5.11 Å². The topological polar surface area (TPSA) is 20.2 Å². The first-order chi connectivity index (χ1) is 14.2. The summed E-state index contributed by atoms with van der Waals surface area (Å²) in [7, 11) is 0. The molecule has 0 spiro atoms. The molecule has 30 heavy (non-hydrogen) atoms. The molecule has 0 radical (unpaired) electrons. The van der Waals surface area contributed by atoms with Crippen LogP contribution >= 0.6 is 0 Å². The van der Waals surface area contributed by atoms with Crippen molar-refractivity contribution in [2.75, 3.05) is 0 Å². The van der Waals surface area contributed by atoms with Gasteiger partial charge in [-0.05, 0) is 134 Å². The van der Waals surface area contributed by atoms with Gasteiger partial charge in [0.05, 0.1) is 6.10 Å². The second kappa shape index (κ2) is 7.50. The minimum Gasteiger partial charge on any atom is -0.393 e. The molecule has 1 heteroatoms. The van der Waals surface area contributed by atoms with Gasteiger partial charge in [0.2, 0.25) is 0 Å².